The lowest BCUT2D eigenvalue weighted by atomic mass is 10.0. The van der Waals surface area contributed by atoms with Crippen molar-refractivity contribution in [3.05, 3.63) is 46.3 Å². The van der Waals surface area contributed by atoms with E-state index in [1.807, 2.05) is 45.9 Å². The fraction of sp³-hybridized carbons (Fsp3) is 0.375. The van der Waals surface area contributed by atoms with Crippen LogP contribution in [0.15, 0.2) is 22.7 Å². The Morgan fingerprint density at radius 2 is 1.90 bits per heavy atom. The number of rotatable bonds is 3. The number of nitrogens with one attached hydrogen (secondary N) is 1. The molecular weight excluding hydrogens is 252 g/mol. The number of hydrogen-bond donors (Lipinski definition) is 1. The Labute approximate surface area is 119 Å². The van der Waals surface area contributed by atoms with Gasteiger partial charge in [-0.15, -0.1) is 0 Å². The molecule has 1 heterocycles. The molecule has 0 aliphatic heterocycles. The Morgan fingerprint density at radius 3 is 2.50 bits per heavy atom. The summed E-state index contributed by atoms with van der Waals surface area (Å²) in [4.78, 5) is 12.4. The van der Waals surface area contributed by atoms with E-state index in [1.165, 1.54) is 5.56 Å². The summed E-state index contributed by atoms with van der Waals surface area (Å²) in [6, 6.07) is 5.86. The lowest BCUT2D eigenvalue weighted by Crippen LogP contribution is -2.15. The summed E-state index contributed by atoms with van der Waals surface area (Å²) in [7, 11) is 0. The van der Waals surface area contributed by atoms with Crippen molar-refractivity contribution in [2.75, 3.05) is 5.32 Å². The highest BCUT2D eigenvalue weighted by Crippen LogP contribution is 2.23. The standard InChI is InChI=1S/C16H20N2O2/c1-9(2)15-14(12(5)18-20-15)16(19)17-13-7-6-10(3)11(4)8-13/h6-9H,1-5H3,(H,17,19). The first-order chi connectivity index (χ1) is 9.40. The predicted molar refractivity (Wildman–Crippen MR) is 79.2 cm³/mol. The molecule has 1 aromatic carbocycles. The normalized spacial score (nSPS) is 10.9. The van der Waals surface area contributed by atoms with Crippen molar-refractivity contribution in [1.29, 1.82) is 0 Å². The van der Waals surface area contributed by atoms with Crippen LogP contribution in [0.25, 0.3) is 0 Å². The van der Waals surface area contributed by atoms with Gasteiger partial charge in [0.15, 0.2) is 5.76 Å². The van der Waals surface area contributed by atoms with Gasteiger partial charge in [0.1, 0.15) is 5.56 Å². The maximum absolute atomic E-state index is 12.4. The number of anilines is 1. The Balaban J connectivity index is 2.28. The number of carbonyl (C=O) groups excluding carboxylic acids is 1. The van der Waals surface area contributed by atoms with Gasteiger partial charge in [-0.25, -0.2) is 0 Å². The minimum absolute atomic E-state index is 0.122. The lowest BCUT2D eigenvalue weighted by molar-refractivity contribution is 0.102. The third kappa shape index (κ3) is 2.74. The maximum atomic E-state index is 12.4. The Bertz CT molecular complexity index is 642. The lowest BCUT2D eigenvalue weighted by Gasteiger charge is -2.09. The molecular formula is C16H20N2O2. The van der Waals surface area contributed by atoms with Crippen LogP contribution in [0.3, 0.4) is 0 Å². The van der Waals surface area contributed by atoms with Crippen molar-refractivity contribution in [2.45, 2.75) is 40.5 Å². The highest BCUT2D eigenvalue weighted by Gasteiger charge is 2.22. The van der Waals surface area contributed by atoms with Gasteiger partial charge in [-0.1, -0.05) is 25.1 Å². The molecule has 1 aromatic heterocycles. The third-order valence-electron chi connectivity index (χ3n) is 3.41. The quantitative estimate of drug-likeness (QED) is 0.919. The largest absolute Gasteiger partial charge is 0.360 e. The van der Waals surface area contributed by atoms with Crippen LogP contribution in [0.4, 0.5) is 5.69 Å². The molecule has 2 aromatic rings. The average molecular weight is 272 g/mol. The van der Waals surface area contributed by atoms with Gasteiger partial charge >= 0.3 is 0 Å². The van der Waals surface area contributed by atoms with Gasteiger partial charge in [0, 0.05) is 11.6 Å². The monoisotopic (exact) mass is 272 g/mol. The number of aryl methyl sites for hydroxylation is 3. The number of benzene rings is 1. The first-order valence-electron chi connectivity index (χ1n) is 6.75. The van der Waals surface area contributed by atoms with E-state index < -0.39 is 0 Å². The fourth-order valence-corrected chi connectivity index (χ4v) is 2.07. The molecule has 0 fully saturated rings. The molecule has 106 valence electrons. The molecule has 0 saturated carbocycles. The van der Waals surface area contributed by atoms with Crippen molar-refractivity contribution >= 4 is 11.6 Å². The fourth-order valence-electron chi connectivity index (χ4n) is 2.07. The van der Waals surface area contributed by atoms with Crippen LogP contribution in [0.5, 0.6) is 0 Å². The van der Waals surface area contributed by atoms with Gasteiger partial charge < -0.3 is 9.84 Å². The smallest absolute Gasteiger partial charge is 0.261 e. The number of aromatic nitrogens is 1. The number of nitrogens with zero attached hydrogens (tertiary/aromatic N) is 1. The van der Waals surface area contributed by atoms with Crippen LogP contribution in [-0.2, 0) is 0 Å². The molecule has 0 saturated heterocycles. The highest BCUT2D eigenvalue weighted by molar-refractivity contribution is 6.05. The predicted octanol–water partition coefficient (Wildman–Crippen LogP) is 3.98. The molecule has 1 N–H and O–H groups in total. The zero-order chi connectivity index (χ0) is 14.9. The van der Waals surface area contributed by atoms with E-state index in [1.54, 1.807) is 6.92 Å². The van der Waals surface area contributed by atoms with Gasteiger partial charge in [0.25, 0.3) is 5.91 Å². The molecule has 0 spiro atoms. The number of carbonyl (C=O) groups is 1. The summed E-state index contributed by atoms with van der Waals surface area (Å²) in [5.41, 5.74) is 4.29. The van der Waals surface area contributed by atoms with Gasteiger partial charge in [-0.05, 0) is 44.0 Å². The van der Waals surface area contributed by atoms with Crippen molar-refractivity contribution in [3.8, 4) is 0 Å². The number of hydrogen-bond acceptors (Lipinski definition) is 3. The molecule has 4 nitrogen and oxygen atoms in total. The van der Waals surface area contributed by atoms with E-state index in [0.717, 1.165) is 11.3 Å². The van der Waals surface area contributed by atoms with Crippen LogP contribution in [-0.4, -0.2) is 11.1 Å². The molecule has 2 rings (SSSR count). The van der Waals surface area contributed by atoms with Crippen molar-refractivity contribution in [2.24, 2.45) is 0 Å². The third-order valence-corrected chi connectivity index (χ3v) is 3.41. The van der Waals surface area contributed by atoms with E-state index >= 15 is 0 Å². The van der Waals surface area contributed by atoms with E-state index in [4.69, 9.17) is 4.52 Å². The minimum Gasteiger partial charge on any atom is -0.360 e. The minimum atomic E-state index is -0.171. The SMILES string of the molecule is Cc1ccc(NC(=O)c2c(C)noc2C(C)C)cc1C. The molecule has 0 bridgehead atoms. The first-order valence-corrected chi connectivity index (χ1v) is 6.75. The van der Waals surface area contributed by atoms with E-state index in [9.17, 15) is 4.79 Å². The number of amides is 1. The molecule has 0 unspecified atom stereocenters. The van der Waals surface area contributed by atoms with E-state index in [-0.39, 0.29) is 11.8 Å². The summed E-state index contributed by atoms with van der Waals surface area (Å²) in [6.07, 6.45) is 0. The molecule has 0 aliphatic rings. The van der Waals surface area contributed by atoms with Crippen LogP contribution in [0.1, 0.15) is 52.7 Å². The van der Waals surface area contributed by atoms with Gasteiger partial charge in [0.2, 0.25) is 0 Å². The Kier molecular flexibility index (Phi) is 3.93. The first kappa shape index (κ1) is 14.3. The molecule has 0 radical (unpaired) electrons. The second kappa shape index (κ2) is 5.49. The van der Waals surface area contributed by atoms with Gasteiger partial charge in [-0.3, -0.25) is 4.79 Å². The van der Waals surface area contributed by atoms with Crippen LogP contribution < -0.4 is 5.32 Å². The van der Waals surface area contributed by atoms with E-state index in [0.29, 0.717) is 17.0 Å². The zero-order valence-corrected chi connectivity index (χ0v) is 12.6. The summed E-state index contributed by atoms with van der Waals surface area (Å²) >= 11 is 0. The molecule has 0 atom stereocenters. The zero-order valence-electron chi connectivity index (χ0n) is 12.6. The van der Waals surface area contributed by atoms with Crippen LogP contribution >= 0.6 is 0 Å². The van der Waals surface area contributed by atoms with Crippen molar-refractivity contribution in [3.63, 3.8) is 0 Å². The van der Waals surface area contributed by atoms with Gasteiger partial charge in [0.05, 0.1) is 5.69 Å². The second-order valence-corrected chi connectivity index (χ2v) is 5.42. The van der Waals surface area contributed by atoms with Crippen LogP contribution in [0, 0.1) is 20.8 Å². The summed E-state index contributed by atoms with van der Waals surface area (Å²) in [5.74, 6) is 0.580. The second-order valence-electron chi connectivity index (χ2n) is 5.42. The Morgan fingerprint density at radius 1 is 1.20 bits per heavy atom. The van der Waals surface area contributed by atoms with Crippen molar-refractivity contribution in [1.82, 2.24) is 5.16 Å². The maximum Gasteiger partial charge on any atom is 0.261 e. The van der Waals surface area contributed by atoms with Gasteiger partial charge in [-0.2, -0.15) is 0 Å². The summed E-state index contributed by atoms with van der Waals surface area (Å²) in [5, 5.41) is 6.81. The molecule has 4 heteroatoms. The Hall–Kier alpha value is -2.10. The molecule has 20 heavy (non-hydrogen) atoms. The van der Waals surface area contributed by atoms with Crippen LogP contribution in [0.2, 0.25) is 0 Å². The average Bonchev–Trinajstić information content (AvgIpc) is 2.76. The summed E-state index contributed by atoms with van der Waals surface area (Å²) < 4.78 is 5.25. The topological polar surface area (TPSA) is 55.1 Å². The summed E-state index contributed by atoms with van der Waals surface area (Å²) in [6.45, 7) is 9.81. The van der Waals surface area contributed by atoms with Crippen molar-refractivity contribution < 1.29 is 9.32 Å². The van der Waals surface area contributed by atoms with E-state index in [2.05, 4.69) is 10.5 Å². The molecule has 1 amide bonds. The highest BCUT2D eigenvalue weighted by atomic mass is 16.5. The molecule has 0 aliphatic carbocycles.